The summed E-state index contributed by atoms with van der Waals surface area (Å²) < 4.78 is 41.0. The largest absolute Gasteiger partial charge is 0.493 e. The van der Waals surface area contributed by atoms with Crippen molar-refractivity contribution in [3.05, 3.63) is 46.8 Å². The molecule has 1 fully saturated rings. The predicted molar refractivity (Wildman–Crippen MR) is 152 cm³/mol. The first-order valence-electron chi connectivity index (χ1n) is 14.2. The van der Waals surface area contributed by atoms with Gasteiger partial charge in [-0.2, -0.15) is 0 Å². The fourth-order valence-electron chi connectivity index (χ4n) is 6.76. The van der Waals surface area contributed by atoms with Crippen LogP contribution >= 0.6 is 0 Å². The molecule has 0 bridgehead atoms. The molecule has 1 unspecified atom stereocenters. The summed E-state index contributed by atoms with van der Waals surface area (Å²) in [5, 5.41) is 0.877. The van der Waals surface area contributed by atoms with Gasteiger partial charge in [0.25, 0.3) is 0 Å². The van der Waals surface area contributed by atoms with E-state index in [1.807, 2.05) is 0 Å². The van der Waals surface area contributed by atoms with E-state index in [4.69, 9.17) is 9.47 Å². The molecule has 1 amide bonds. The normalized spacial score (nSPS) is 19.8. The first kappa shape index (κ1) is 28.3. The number of nitrogens with zero attached hydrogens (tertiary/aromatic N) is 3. The molecule has 1 aromatic carbocycles. The molecule has 1 saturated heterocycles. The summed E-state index contributed by atoms with van der Waals surface area (Å²) in [6, 6.07) is 3.23. The molecule has 2 aliphatic heterocycles. The molecule has 7 nitrogen and oxygen atoms in total. The minimum absolute atomic E-state index is 0.0189. The van der Waals surface area contributed by atoms with Crippen LogP contribution in [0.2, 0.25) is 0 Å². The Labute approximate surface area is 234 Å². The summed E-state index contributed by atoms with van der Waals surface area (Å²) in [5.41, 5.74) is 1.82. The number of rotatable bonds is 9. The molecule has 2 aromatic heterocycles. The number of aromatic nitrogens is 2. The van der Waals surface area contributed by atoms with Gasteiger partial charge in [0.05, 0.1) is 26.2 Å². The highest BCUT2D eigenvalue weighted by molar-refractivity contribution is 6.05. The van der Waals surface area contributed by atoms with Crippen LogP contribution in [0.1, 0.15) is 70.2 Å². The number of hydrogen-bond acceptors (Lipinski definition) is 5. The summed E-state index contributed by atoms with van der Waals surface area (Å²) in [6.45, 7) is 11.1. The average Bonchev–Trinajstić information content (AvgIpc) is 3.53. The molecule has 216 valence electrons. The molecule has 2 aliphatic rings. The van der Waals surface area contributed by atoms with E-state index in [1.165, 1.54) is 39.9 Å². The van der Waals surface area contributed by atoms with Crippen molar-refractivity contribution in [2.24, 2.45) is 11.8 Å². The first-order chi connectivity index (χ1) is 19.1. The zero-order valence-electron chi connectivity index (χ0n) is 24.4. The van der Waals surface area contributed by atoms with Crippen molar-refractivity contribution < 1.29 is 23.0 Å². The molecule has 40 heavy (non-hydrogen) atoms. The van der Waals surface area contributed by atoms with Crippen molar-refractivity contribution in [2.45, 2.75) is 71.9 Å². The van der Waals surface area contributed by atoms with Crippen molar-refractivity contribution in [1.82, 2.24) is 14.9 Å². The molecule has 0 aliphatic carbocycles. The number of hydrogen-bond donors (Lipinski definition) is 1. The number of benzene rings is 1. The van der Waals surface area contributed by atoms with Gasteiger partial charge in [-0.05, 0) is 62.3 Å². The van der Waals surface area contributed by atoms with Gasteiger partial charge in [0.2, 0.25) is 5.91 Å². The fraction of sp³-hybridized carbons (Fsp3) is 0.548. The number of fused-ring (bicyclic) bond motifs is 3. The van der Waals surface area contributed by atoms with Crippen LogP contribution in [0.4, 0.5) is 14.5 Å². The predicted octanol–water partition coefficient (Wildman–Crippen LogP) is 6.33. The third kappa shape index (κ3) is 4.93. The van der Waals surface area contributed by atoms with E-state index in [-0.39, 0.29) is 18.0 Å². The fourth-order valence-corrected chi connectivity index (χ4v) is 6.76. The van der Waals surface area contributed by atoms with Crippen molar-refractivity contribution in [2.75, 3.05) is 32.2 Å². The van der Waals surface area contributed by atoms with E-state index in [0.717, 1.165) is 70.3 Å². The Morgan fingerprint density at radius 1 is 1.18 bits per heavy atom. The van der Waals surface area contributed by atoms with E-state index in [9.17, 15) is 4.79 Å². The van der Waals surface area contributed by atoms with Gasteiger partial charge >= 0.3 is 0 Å². The van der Waals surface area contributed by atoms with Crippen LogP contribution in [0.25, 0.3) is 11.0 Å². The summed E-state index contributed by atoms with van der Waals surface area (Å²) in [6.07, 6.45) is 6.72. The number of anilines is 1. The molecule has 0 spiro atoms. The van der Waals surface area contributed by atoms with E-state index < -0.39 is 28.6 Å². The van der Waals surface area contributed by atoms with Gasteiger partial charge in [0.1, 0.15) is 11.3 Å². The van der Waals surface area contributed by atoms with Crippen molar-refractivity contribution in [3.63, 3.8) is 0 Å². The Morgan fingerprint density at radius 3 is 2.52 bits per heavy atom. The van der Waals surface area contributed by atoms with Gasteiger partial charge in [-0.1, -0.05) is 26.7 Å². The van der Waals surface area contributed by atoms with Gasteiger partial charge in [-0.25, -0.2) is 13.8 Å². The van der Waals surface area contributed by atoms with Crippen LogP contribution in [0.5, 0.6) is 11.5 Å². The van der Waals surface area contributed by atoms with Crippen molar-refractivity contribution >= 4 is 22.6 Å². The number of halogens is 2. The summed E-state index contributed by atoms with van der Waals surface area (Å²) in [4.78, 5) is 25.6. The number of aromatic amines is 1. The smallest absolute Gasteiger partial charge is 0.237 e. The topological polar surface area (TPSA) is 70.7 Å². The lowest BCUT2D eigenvalue weighted by Gasteiger charge is -2.39. The number of nitrogens with one attached hydrogen (secondary N) is 1. The van der Waals surface area contributed by atoms with Crippen LogP contribution in [-0.4, -0.2) is 48.1 Å². The van der Waals surface area contributed by atoms with Crippen LogP contribution in [0.15, 0.2) is 18.3 Å². The lowest BCUT2D eigenvalue weighted by molar-refractivity contribution is -0.123. The Kier molecular flexibility index (Phi) is 7.79. The third-order valence-electron chi connectivity index (χ3n) is 8.63. The quantitative estimate of drug-likeness (QED) is 0.335. The minimum atomic E-state index is -1.06. The molecular weight excluding hydrogens is 514 g/mol. The summed E-state index contributed by atoms with van der Waals surface area (Å²) in [7, 11) is 2.58. The highest BCUT2D eigenvalue weighted by atomic mass is 19.1. The van der Waals surface area contributed by atoms with Gasteiger partial charge in [-0.15, -0.1) is 0 Å². The van der Waals surface area contributed by atoms with E-state index >= 15 is 8.78 Å². The first-order valence-corrected chi connectivity index (χ1v) is 14.2. The van der Waals surface area contributed by atoms with Gasteiger partial charge in [0, 0.05) is 36.4 Å². The molecule has 0 saturated carbocycles. The average molecular weight is 555 g/mol. The molecule has 2 atom stereocenters. The molecule has 4 heterocycles. The molecule has 0 radical (unpaired) electrons. The van der Waals surface area contributed by atoms with Crippen LogP contribution < -0.4 is 14.4 Å². The van der Waals surface area contributed by atoms with Gasteiger partial charge in [-0.3, -0.25) is 9.69 Å². The monoisotopic (exact) mass is 554 g/mol. The van der Waals surface area contributed by atoms with Gasteiger partial charge < -0.3 is 19.4 Å². The maximum atomic E-state index is 15.4. The zero-order chi connectivity index (χ0) is 28.8. The van der Waals surface area contributed by atoms with E-state index in [2.05, 4.69) is 34.8 Å². The van der Waals surface area contributed by atoms with Crippen molar-refractivity contribution in [3.8, 4) is 11.5 Å². The van der Waals surface area contributed by atoms with E-state index in [0.29, 0.717) is 0 Å². The lowest BCUT2D eigenvalue weighted by Crippen LogP contribution is -2.48. The van der Waals surface area contributed by atoms with Gasteiger partial charge in [0.15, 0.2) is 23.1 Å². The van der Waals surface area contributed by atoms with Crippen LogP contribution in [-0.2, 0) is 23.3 Å². The van der Waals surface area contributed by atoms with Crippen LogP contribution in [0.3, 0.4) is 0 Å². The number of methoxy groups -OCH3 is 2. The third-order valence-corrected chi connectivity index (χ3v) is 8.63. The standard InChI is InChI=1S/C31H40F2N4O3/c1-7-8-18(2)11-19-9-10-36(15-19)17-21-12-22-25-20(14-34-29(22)35-21)16-37(30(38)31(25,3)4)28-26(32)23(39-5)13-24(40-6)27(28)33/h12-14,18-19H,7-11,15-17H2,1-6H3,(H,34,35)/t18?,19-/m1/s1. The number of amides is 1. The molecular formula is C31H40F2N4O3. The highest BCUT2D eigenvalue weighted by Crippen LogP contribution is 2.44. The summed E-state index contributed by atoms with van der Waals surface area (Å²) in [5.74, 6) is -1.20. The number of likely N-dealkylation sites (tertiary alicyclic amines) is 1. The van der Waals surface area contributed by atoms with Crippen molar-refractivity contribution in [1.29, 1.82) is 0 Å². The molecule has 9 heteroatoms. The van der Waals surface area contributed by atoms with E-state index in [1.54, 1.807) is 20.0 Å². The SMILES string of the molecule is CCCC(C)C[C@H]1CCN(Cc2cc3c4c(cnc3[nH]2)CN(c2c(F)c(OC)cc(OC)c2F)C(=O)C4(C)C)C1. The Hall–Kier alpha value is -3.20. The highest BCUT2D eigenvalue weighted by Gasteiger charge is 2.44. The number of H-pyrrole nitrogens is 1. The Bertz CT molecular complexity index is 1390. The number of ether oxygens (including phenoxy) is 2. The second-order valence-corrected chi connectivity index (χ2v) is 12.0. The minimum Gasteiger partial charge on any atom is -0.493 e. The molecule has 3 aromatic rings. The molecule has 5 rings (SSSR count). The second kappa shape index (κ2) is 11.0. The Balaban J connectivity index is 1.45. The lowest BCUT2D eigenvalue weighted by atomic mass is 9.76. The number of pyridine rings is 1. The maximum absolute atomic E-state index is 15.4. The second-order valence-electron chi connectivity index (χ2n) is 12.0. The number of carbonyl (C=O) groups excluding carboxylic acids is 1. The van der Waals surface area contributed by atoms with Crippen LogP contribution in [0, 0.1) is 23.5 Å². The maximum Gasteiger partial charge on any atom is 0.237 e. The molecule has 1 N–H and O–H groups in total. The summed E-state index contributed by atoms with van der Waals surface area (Å²) >= 11 is 0. The zero-order valence-corrected chi connectivity index (χ0v) is 24.4. The number of carbonyl (C=O) groups is 1. The Morgan fingerprint density at radius 2 is 1.88 bits per heavy atom.